The van der Waals surface area contributed by atoms with Crippen LogP contribution >= 0.6 is 0 Å². The summed E-state index contributed by atoms with van der Waals surface area (Å²) >= 11 is 0. The summed E-state index contributed by atoms with van der Waals surface area (Å²) < 4.78 is 0. The Morgan fingerprint density at radius 2 is 1.71 bits per heavy atom. The Morgan fingerprint density at radius 3 is 2.43 bits per heavy atom. The van der Waals surface area contributed by atoms with Crippen molar-refractivity contribution in [2.75, 3.05) is 31.1 Å². The van der Waals surface area contributed by atoms with Gasteiger partial charge in [-0.05, 0) is 48.3 Å². The monoisotopic (exact) mass is 474 g/mol. The van der Waals surface area contributed by atoms with Crippen LogP contribution in [0.1, 0.15) is 30.0 Å². The van der Waals surface area contributed by atoms with Crippen molar-refractivity contribution >= 4 is 17.5 Å². The first-order chi connectivity index (χ1) is 17.0. The minimum absolute atomic E-state index is 0.159. The molecule has 35 heavy (non-hydrogen) atoms. The SMILES string of the molecule is N#Cc1ccccc1N1CC2C(CNC(=O)[C@H](O)[C@@H](O)C(=O)N3CCC[C@@H]3c3ccccc3)C2C1. The van der Waals surface area contributed by atoms with Gasteiger partial charge in [-0.2, -0.15) is 5.26 Å². The number of rotatable bonds is 7. The molecule has 182 valence electrons. The predicted molar refractivity (Wildman–Crippen MR) is 129 cm³/mol. The molecule has 1 aliphatic carbocycles. The van der Waals surface area contributed by atoms with Crippen molar-refractivity contribution in [2.24, 2.45) is 17.8 Å². The maximum atomic E-state index is 12.9. The molecule has 2 aromatic carbocycles. The summed E-state index contributed by atoms with van der Waals surface area (Å²) in [6, 6.07) is 19.2. The van der Waals surface area contributed by atoms with E-state index in [0.29, 0.717) is 36.4 Å². The molecule has 5 rings (SSSR count). The molecule has 8 heteroatoms. The minimum Gasteiger partial charge on any atom is -0.380 e. The second-order valence-electron chi connectivity index (χ2n) is 9.76. The van der Waals surface area contributed by atoms with E-state index in [-0.39, 0.29) is 6.04 Å². The highest BCUT2D eigenvalue weighted by atomic mass is 16.3. The standard InChI is InChI=1S/C27H30N4O4/c28-13-18-9-4-5-10-22(18)30-15-20-19(21(20)16-30)14-29-26(34)24(32)25(33)27(35)31-12-6-11-23(31)17-7-2-1-3-8-17/h1-5,7-10,19-21,23-25,32-33H,6,11-12,14-16H2,(H,29,34)/t19?,20?,21?,23-,24-,25-/m1/s1. The molecule has 3 aliphatic rings. The van der Waals surface area contributed by atoms with Gasteiger partial charge in [-0.25, -0.2) is 0 Å². The number of hydrogen-bond acceptors (Lipinski definition) is 6. The normalized spacial score (nSPS) is 26.5. The Bertz CT molecular complexity index is 1120. The molecule has 2 aromatic rings. The number of benzene rings is 2. The zero-order valence-electron chi connectivity index (χ0n) is 19.5. The van der Waals surface area contributed by atoms with Gasteiger partial charge in [-0.3, -0.25) is 9.59 Å². The number of carbonyl (C=O) groups is 2. The van der Waals surface area contributed by atoms with Gasteiger partial charge in [-0.1, -0.05) is 42.5 Å². The number of amides is 2. The van der Waals surface area contributed by atoms with Crippen LogP contribution in [0, 0.1) is 29.1 Å². The third-order valence-electron chi connectivity index (χ3n) is 7.79. The fourth-order valence-corrected chi connectivity index (χ4v) is 5.82. The van der Waals surface area contributed by atoms with Gasteiger partial charge in [0, 0.05) is 26.2 Å². The summed E-state index contributed by atoms with van der Waals surface area (Å²) in [5.41, 5.74) is 2.59. The number of nitrogens with zero attached hydrogens (tertiary/aromatic N) is 3. The van der Waals surface area contributed by atoms with E-state index in [9.17, 15) is 25.1 Å². The number of nitriles is 1. The molecule has 1 saturated carbocycles. The number of carbonyl (C=O) groups excluding carboxylic acids is 2. The second kappa shape index (κ2) is 9.68. The summed E-state index contributed by atoms with van der Waals surface area (Å²) in [6.07, 6.45) is -2.01. The quantitative estimate of drug-likeness (QED) is 0.559. The van der Waals surface area contributed by atoms with Crippen molar-refractivity contribution in [2.45, 2.75) is 31.1 Å². The van der Waals surface area contributed by atoms with Gasteiger partial charge in [0.05, 0.1) is 17.3 Å². The van der Waals surface area contributed by atoms with E-state index in [4.69, 9.17) is 0 Å². The van der Waals surface area contributed by atoms with Crippen molar-refractivity contribution in [1.29, 1.82) is 5.26 Å². The molecule has 0 aromatic heterocycles. The van der Waals surface area contributed by atoms with Gasteiger partial charge in [-0.15, -0.1) is 0 Å². The van der Waals surface area contributed by atoms with Crippen molar-refractivity contribution in [3.8, 4) is 6.07 Å². The Morgan fingerprint density at radius 1 is 1.03 bits per heavy atom. The lowest BCUT2D eigenvalue weighted by atomic mass is 10.0. The van der Waals surface area contributed by atoms with Crippen LogP contribution in [0.15, 0.2) is 54.6 Å². The van der Waals surface area contributed by atoms with Crippen LogP contribution in [0.25, 0.3) is 0 Å². The lowest BCUT2D eigenvalue weighted by molar-refractivity contribution is -0.153. The summed E-state index contributed by atoms with van der Waals surface area (Å²) in [5.74, 6) is -0.207. The molecule has 3 N–H and O–H groups in total. The number of hydrogen-bond donors (Lipinski definition) is 3. The van der Waals surface area contributed by atoms with Gasteiger partial charge >= 0.3 is 0 Å². The number of nitrogens with one attached hydrogen (secondary N) is 1. The summed E-state index contributed by atoms with van der Waals surface area (Å²) in [5, 5.41) is 33.0. The van der Waals surface area contributed by atoms with E-state index in [1.54, 1.807) is 4.90 Å². The number of fused-ring (bicyclic) bond motifs is 1. The zero-order valence-corrected chi connectivity index (χ0v) is 19.5. The number of aliphatic hydroxyl groups excluding tert-OH is 2. The van der Waals surface area contributed by atoms with Gasteiger partial charge in [0.2, 0.25) is 0 Å². The largest absolute Gasteiger partial charge is 0.380 e. The number of likely N-dealkylation sites (tertiary alicyclic amines) is 1. The molecular weight excluding hydrogens is 444 g/mol. The zero-order chi connectivity index (χ0) is 24.5. The third-order valence-corrected chi connectivity index (χ3v) is 7.79. The Kier molecular flexibility index (Phi) is 6.46. The topological polar surface area (TPSA) is 117 Å². The van der Waals surface area contributed by atoms with E-state index in [0.717, 1.165) is 37.2 Å². The van der Waals surface area contributed by atoms with Crippen molar-refractivity contribution in [1.82, 2.24) is 10.2 Å². The molecule has 2 unspecified atom stereocenters. The van der Waals surface area contributed by atoms with Crippen molar-refractivity contribution in [3.05, 3.63) is 65.7 Å². The lowest BCUT2D eigenvalue weighted by Crippen LogP contribution is -2.51. The van der Waals surface area contributed by atoms with Crippen LogP contribution in [0.2, 0.25) is 0 Å². The average molecular weight is 475 g/mol. The summed E-state index contributed by atoms with van der Waals surface area (Å²) in [4.78, 5) is 29.2. The summed E-state index contributed by atoms with van der Waals surface area (Å²) in [6.45, 7) is 2.53. The molecule has 5 atom stereocenters. The van der Waals surface area contributed by atoms with E-state index in [1.807, 2.05) is 54.6 Å². The molecule has 2 aliphatic heterocycles. The van der Waals surface area contributed by atoms with Crippen LogP contribution in [-0.2, 0) is 9.59 Å². The smallest absolute Gasteiger partial charge is 0.255 e. The highest BCUT2D eigenvalue weighted by Gasteiger charge is 2.55. The molecule has 0 bridgehead atoms. The molecule has 2 amide bonds. The van der Waals surface area contributed by atoms with Gasteiger partial charge in [0.25, 0.3) is 11.8 Å². The molecule has 8 nitrogen and oxygen atoms in total. The van der Waals surface area contributed by atoms with Crippen LogP contribution < -0.4 is 10.2 Å². The minimum atomic E-state index is -1.81. The fraction of sp³-hybridized carbons (Fsp3) is 0.444. The molecule has 0 radical (unpaired) electrons. The van der Waals surface area contributed by atoms with Crippen molar-refractivity contribution in [3.63, 3.8) is 0 Å². The van der Waals surface area contributed by atoms with Gasteiger partial charge in [0.15, 0.2) is 12.2 Å². The van der Waals surface area contributed by atoms with Crippen molar-refractivity contribution < 1.29 is 19.8 Å². The first-order valence-corrected chi connectivity index (χ1v) is 12.2. The van der Waals surface area contributed by atoms with E-state index < -0.39 is 24.0 Å². The van der Waals surface area contributed by atoms with E-state index >= 15 is 0 Å². The first-order valence-electron chi connectivity index (χ1n) is 12.2. The van der Waals surface area contributed by atoms with Crippen LogP contribution in [0.5, 0.6) is 0 Å². The van der Waals surface area contributed by atoms with Crippen LogP contribution in [0.4, 0.5) is 5.69 Å². The van der Waals surface area contributed by atoms with E-state index in [2.05, 4.69) is 16.3 Å². The fourth-order valence-electron chi connectivity index (χ4n) is 5.82. The first kappa shape index (κ1) is 23.3. The Balaban J connectivity index is 1.11. The molecule has 3 fully saturated rings. The Hall–Kier alpha value is -3.41. The number of anilines is 1. The summed E-state index contributed by atoms with van der Waals surface area (Å²) in [7, 11) is 0. The molecular formula is C27H30N4O4. The predicted octanol–water partition coefficient (Wildman–Crippen LogP) is 1.44. The molecule has 2 heterocycles. The maximum Gasteiger partial charge on any atom is 0.255 e. The highest BCUT2D eigenvalue weighted by Crippen LogP contribution is 2.52. The van der Waals surface area contributed by atoms with Crippen LogP contribution in [-0.4, -0.2) is 65.3 Å². The Labute approximate surface area is 204 Å². The van der Waals surface area contributed by atoms with Crippen LogP contribution in [0.3, 0.4) is 0 Å². The van der Waals surface area contributed by atoms with Gasteiger partial charge in [0.1, 0.15) is 6.07 Å². The average Bonchev–Trinajstić information content (AvgIpc) is 3.26. The van der Waals surface area contributed by atoms with E-state index in [1.165, 1.54) is 0 Å². The number of piperidine rings is 1. The number of para-hydroxylation sites is 1. The number of aliphatic hydroxyl groups is 2. The highest BCUT2D eigenvalue weighted by molar-refractivity contribution is 5.91. The lowest BCUT2D eigenvalue weighted by Gasteiger charge is -2.28. The van der Waals surface area contributed by atoms with Gasteiger partial charge < -0.3 is 25.3 Å². The molecule has 0 spiro atoms. The molecule has 2 saturated heterocycles. The third kappa shape index (κ3) is 4.49. The second-order valence-corrected chi connectivity index (χ2v) is 9.76. The maximum absolute atomic E-state index is 12.9.